The zero-order chi connectivity index (χ0) is 17.2. The molecule has 2 heteroatoms. The Morgan fingerprint density at radius 1 is 0.400 bits per heavy atom. The fraction of sp³-hybridized carbons (Fsp3) is 1.00. The molecule has 0 aliphatic heterocycles. The lowest BCUT2D eigenvalue weighted by atomic mass is 9.61. The first kappa shape index (κ1) is 18.3. The Kier molecular flexibility index (Phi) is 6.07. The summed E-state index contributed by atoms with van der Waals surface area (Å²) in [7, 11) is 0. The molecule has 0 bridgehead atoms. The van der Waals surface area contributed by atoms with E-state index >= 15 is 0 Å². The highest BCUT2D eigenvalue weighted by atomic mass is 16.3. The molecular weight excluding hydrogens is 308 g/mol. The molecule has 2 nitrogen and oxygen atoms in total. The smallest absolute Gasteiger partial charge is 0.0626 e. The summed E-state index contributed by atoms with van der Waals surface area (Å²) in [5.41, 5.74) is 0. The summed E-state index contributed by atoms with van der Waals surface area (Å²) in [6, 6.07) is 0. The molecule has 6 atom stereocenters. The van der Waals surface area contributed by atoms with Gasteiger partial charge in [0.1, 0.15) is 0 Å². The normalized spacial score (nSPS) is 44.9. The van der Waals surface area contributed by atoms with E-state index in [1.165, 1.54) is 96.3 Å². The zero-order valence-electron chi connectivity index (χ0n) is 16.1. The van der Waals surface area contributed by atoms with Crippen molar-refractivity contribution in [3.8, 4) is 0 Å². The minimum absolute atomic E-state index is 0.176. The second-order valence-corrected chi connectivity index (χ2v) is 9.95. The zero-order valence-corrected chi connectivity index (χ0v) is 16.1. The van der Waals surface area contributed by atoms with Gasteiger partial charge < -0.3 is 10.2 Å². The van der Waals surface area contributed by atoms with Crippen molar-refractivity contribution in [3.63, 3.8) is 0 Å². The van der Waals surface area contributed by atoms with Crippen molar-refractivity contribution in [3.05, 3.63) is 0 Å². The molecule has 2 N–H and O–H groups in total. The van der Waals surface area contributed by atoms with Crippen LogP contribution in [0.4, 0.5) is 0 Å². The number of aliphatic hydroxyl groups is 2. The van der Waals surface area contributed by atoms with E-state index in [1.54, 1.807) is 0 Å². The highest BCUT2D eigenvalue weighted by Gasteiger charge is 2.48. The lowest BCUT2D eigenvalue weighted by Crippen LogP contribution is -2.49. The highest BCUT2D eigenvalue weighted by Crippen LogP contribution is 2.50. The van der Waals surface area contributed by atoms with Crippen LogP contribution in [-0.4, -0.2) is 22.4 Å². The standard InChI is InChI=1S/C23H40O2/c24-22-19(16-8-3-1-4-9-16)13-7-12-18-14-15-20(23(25)21(18)22)17-10-5-2-6-11-17/h16-25H,1-15H2/t18?,19-,20+,21?,22?,23?/m1/s1. The van der Waals surface area contributed by atoms with Crippen LogP contribution in [0.3, 0.4) is 0 Å². The average molecular weight is 349 g/mol. The summed E-state index contributed by atoms with van der Waals surface area (Å²) >= 11 is 0. The Labute approximate surface area is 154 Å². The molecule has 0 heterocycles. The van der Waals surface area contributed by atoms with Crippen molar-refractivity contribution in [1.82, 2.24) is 0 Å². The van der Waals surface area contributed by atoms with E-state index in [9.17, 15) is 10.2 Å². The molecule has 0 spiro atoms. The number of aliphatic hydroxyl groups excluding tert-OH is 2. The van der Waals surface area contributed by atoms with Crippen LogP contribution in [0.5, 0.6) is 0 Å². The van der Waals surface area contributed by atoms with Gasteiger partial charge in [-0.2, -0.15) is 0 Å². The summed E-state index contributed by atoms with van der Waals surface area (Å²) < 4.78 is 0. The number of hydrogen-bond acceptors (Lipinski definition) is 2. The van der Waals surface area contributed by atoms with Gasteiger partial charge in [0, 0.05) is 5.92 Å². The van der Waals surface area contributed by atoms with Crippen LogP contribution in [0.1, 0.15) is 96.3 Å². The molecule has 25 heavy (non-hydrogen) atoms. The van der Waals surface area contributed by atoms with Crippen LogP contribution < -0.4 is 0 Å². The molecule has 4 aliphatic rings. The largest absolute Gasteiger partial charge is 0.392 e. The summed E-state index contributed by atoms with van der Waals surface area (Å²) in [5.74, 6) is 3.16. The third-order valence-corrected chi connectivity index (χ3v) is 8.70. The molecule has 0 saturated heterocycles. The fourth-order valence-electron chi connectivity index (χ4n) is 7.38. The van der Waals surface area contributed by atoms with Crippen molar-refractivity contribution >= 4 is 0 Å². The third-order valence-electron chi connectivity index (χ3n) is 8.70. The van der Waals surface area contributed by atoms with Gasteiger partial charge in [-0.15, -0.1) is 0 Å². The Balaban J connectivity index is 1.49. The van der Waals surface area contributed by atoms with Crippen molar-refractivity contribution in [1.29, 1.82) is 0 Å². The number of rotatable bonds is 2. The lowest BCUT2D eigenvalue weighted by molar-refractivity contribution is -0.109. The summed E-state index contributed by atoms with van der Waals surface area (Å²) in [6.07, 6.45) is 19.2. The Morgan fingerprint density at radius 2 is 0.880 bits per heavy atom. The Morgan fingerprint density at radius 3 is 1.44 bits per heavy atom. The topological polar surface area (TPSA) is 40.5 Å². The maximum Gasteiger partial charge on any atom is 0.0626 e. The van der Waals surface area contributed by atoms with Crippen molar-refractivity contribution in [2.45, 2.75) is 109 Å². The molecule has 144 valence electrons. The van der Waals surface area contributed by atoms with Gasteiger partial charge in [-0.3, -0.25) is 0 Å². The third kappa shape index (κ3) is 3.81. The molecule has 0 radical (unpaired) electrons. The van der Waals surface area contributed by atoms with Crippen molar-refractivity contribution in [2.24, 2.45) is 35.5 Å². The molecule has 4 unspecified atom stereocenters. The molecule has 4 rings (SSSR count). The van der Waals surface area contributed by atoms with Gasteiger partial charge >= 0.3 is 0 Å². The minimum Gasteiger partial charge on any atom is -0.392 e. The van der Waals surface area contributed by atoms with Crippen LogP contribution in [0, 0.1) is 35.5 Å². The van der Waals surface area contributed by atoms with Crippen LogP contribution >= 0.6 is 0 Å². The lowest BCUT2D eigenvalue weighted by Gasteiger charge is -2.47. The maximum atomic E-state index is 11.4. The quantitative estimate of drug-likeness (QED) is 0.710. The van der Waals surface area contributed by atoms with E-state index in [0.29, 0.717) is 17.8 Å². The van der Waals surface area contributed by atoms with Crippen LogP contribution in [0.15, 0.2) is 0 Å². The van der Waals surface area contributed by atoms with E-state index < -0.39 is 0 Å². The molecule has 4 fully saturated rings. The first-order chi connectivity index (χ1) is 12.3. The van der Waals surface area contributed by atoms with Crippen LogP contribution in [0.2, 0.25) is 0 Å². The number of hydrogen-bond donors (Lipinski definition) is 2. The summed E-state index contributed by atoms with van der Waals surface area (Å²) in [5, 5.41) is 22.8. The van der Waals surface area contributed by atoms with Gasteiger partial charge in [-0.25, -0.2) is 0 Å². The van der Waals surface area contributed by atoms with Crippen molar-refractivity contribution in [2.75, 3.05) is 0 Å². The first-order valence-electron chi connectivity index (χ1n) is 11.6. The summed E-state index contributed by atoms with van der Waals surface area (Å²) in [4.78, 5) is 0. The molecular formula is C23H40O2. The Hall–Kier alpha value is -0.0800. The molecule has 0 aromatic rings. The van der Waals surface area contributed by atoms with Crippen LogP contribution in [0.25, 0.3) is 0 Å². The minimum atomic E-state index is -0.239. The van der Waals surface area contributed by atoms with Gasteiger partial charge in [0.25, 0.3) is 0 Å². The van der Waals surface area contributed by atoms with E-state index in [2.05, 4.69) is 0 Å². The highest BCUT2D eigenvalue weighted by molar-refractivity contribution is 4.98. The van der Waals surface area contributed by atoms with Crippen molar-refractivity contribution < 1.29 is 10.2 Å². The molecule has 4 aliphatic carbocycles. The van der Waals surface area contributed by atoms with Gasteiger partial charge in [-0.05, 0) is 55.3 Å². The van der Waals surface area contributed by atoms with Gasteiger partial charge in [-0.1, -0.05) is 70.6 Å². The van der Waals surface area contributed by atoms with E-state index in [4.69, 9.17) is 0 Å². The van der Waals surface area contributed by atoms with Gasteiger partial charge in [0.2, 0.25) is 0 Å². The molecule has 0 amide bonds. The predicted molar refractivity (Wildman–Crippen MR) is 102 cm³/mol. The van der Waals surface area contributed by atoms with Gasteiger partial charge in [0.15, 0.2) is 0 Å². The first-order valence-corrected chi connectivity index (χ1v) is 11.6. The average Bonchev–Trinajstić information content (AvgIpc) is 2.83. The van der Waals surface area contributed by atoms with E-state index in [0.717, 1.165) is 11.8 Å². The number of fused-ring (bicyclic) bond motifs is 1. The van der Waals surface area contributed by atoms with Gasteiger partial charge in [0.05, 0.1) is 12.2 Å². The molecule has 0 aromatic carbocycles. The molecule has 4 saturated carbocycles. The fourth-order valence-corrected chi connectivity index (χ4v) is 7.38. The predicted octanol–water partition coefficient (Wildman–Crippen LogP) is 5.31. The second-order valence-electron chi connectivity index (χ2n) is 9.95. The SMILES string of the molecule is OC1C2C(CCC[C@@H]1C1CCCCC1)CC[C@@H](C1CCCCC1)C2O. The maximum absolute atomic E-state index is 11.4. The molecule has 0 aromatic heterocycles. The monoisotopic (exact) mass is 348 g/mol. The Bertz CT molecular complexity index is 410. The second kappa shape index (κ2) is 8.30. The van der Waals surface area contributed by atoms with E-state index in [1.807, 2.05) is 0 Å². The van der Waals surface area contributed by atoms with Crippen LogP contribution in [-0.2, 0) is 0 Å². The van der Waals surface area contributed by atoms with E-state index in [-0.39, 0.29) is 18.1 Å². The summed E-state index contributed by atoms with van der Waals surface area (Å²) in [6.45, 7) is 0.